The molecule has 0 amide bonds. The highest BCUT2D eigenvalue weighted by molar-refractivity contribution is 7.80. The van der Waals surface area contributed by atoms with Crippen molar-refractivity contribution in [3.8, 4) is 0 Å². The molecule has 0 aliphatic heterocycles. The van der Waals surface area contributed by atoms with E-state index in [1.165, 1.54) is 51.4 Å². The van der Waals surface area contributed by atoms with Crippen LogP contribution in [0.5, 0.6) is 0 Å². The van der Waals surface area contributed by atoms with Gasteiger partial charge in [0, 0.05) is 12.0 Å². The molecule has 0 aromatic carbocycles. The molecule has 1 aliphatic rings. The molecule has 0 radical (unpaired) electrons. The van der Waals surface area contributed by atoms with Gasteiger partial charge in [-0.25, -0.2) is 0 Å². The lowest BCUT2D eigenvalue weighted by Gasteiger charge is -2.40. The first-order chi connectivity index (χ1) is 7.33. The molecule has 2 heteroatoms. The van der Waals surface area contributed by atoms with Gasteiger partial charge in [-0.1, -0.05) is 39.0 Å². The molecule has 0 bridgehead atoms. The van der Waals surface area contributed by atoms with E-state index in [9.17, 15) is 0 Å². The van der Waals surface area contributed by atoms with Crippen molar-refractivity contribution in [2.24, 2.45) is 5.41 Å². The maximum Gasteiger partial charge on any atom is 0.0530 e. The number of hydrogen-bond donors (Lipinski definition) is 1. The number of ether oxygens (including phenoxy) is 1. The summed E-state index contributed by atoms with van der Waals surface area (Å²) in [5.41, 5.74) is 0.451. The Kier molecular flexibility index (Phi) is 6.74. The molecule has 0 atom stereocenters. The first kappa shape index (κ1) is 13.4. The Bertz CT molecular complexity index is 149. The van der Waals surface area contributed by atoms with E-state index >= 15 is 0 Å². The lowest BCUT2D eigenvalue weighted by Crippen LogP contribution is -2.36. The fourth-order valence-corrected chi connectivity index (χ4v) is 2.53. The molecular weight excluding hydrogens is 204 g/mol. The number of rotatable bonds is 9. The Hall–Kier alpha value is 0.310. The summed E-state index contributed by atoms with van der Waals surface area (Å²) >= 11 is 4.42. The van der Waals surface area contributed by atoms with Crippen molar-refractivity contribution in [3.05, 3.63) is 0 Å². The smallest absolute Gasteiger partial charge is 0.0530 e. The minimum absolute atomic E-state index is 0.451. The maximum absolute atomic E-state index is 5.76. The van der Waals surface area contributed by atoms with Gasteiger partial charge in [-0.2, -0.15) is 12.6 Å². The summed E-state index contributed by atoms with van der Waals surface area (Å²) in [6, 6.07) is 0. The normalized spacial score (nSPS) is 18.8. The molecular formula is C13H26OS. The number of hydrogen-bond acceptors (Lipinski definition) is 2. The molecule has 0 spiro atoms. The molecule has 0 saturated heterocycles. The fourth-order valence-electron chi connectivity index (χ4n) is 2.12. The van der Waals surface area contributed by atoms with Crippen LogP contribution in [-0.2, 0) is 4.74 Å². The Morgan fingerprint density at radius 1 is 1.13 bits per heavy atom. The van der Waals surface area contributed by atoms with E-state index < -0.39 is 0 Å². The van der Waals surface area contributed by atoms with Crippen LogP contribution < -0.4 is 0 Å². The molecule has 1 nitrogen and oxygen atoms in total. The van der Waals surface area contributed by atoms with Crippen molar-refractivity contribution in [2.75, 3.05) is 19.0 Å². The monoisotopic (exact) mass is 230 g/mol. The van der Waals surface area contributed by atoms with Crippen molar-refractivity contribution in [2.45, 2.75) is 58.3 Å². The third kappa shape index (κ3) is 4.78. The molecule has 0 heterocycles. The van der Waals surface area contributed by atoms with Crippen LogP contribution in [0.2, 0.25) is 0 Å². The van der Waals surface area contributed by atoms with Gasteiger partial charge in [0.15, 0.2) is 0 Å². The average Bonchev–Trinajstić information content (AvgIpc) is 2.20. The summed E-state index contributed by atoms with van der Waals surface area (Å²) in [4.78, 5) is 0. The lowest BCUT2D eigenvalue weighted by atomic mass is 9.71. The zero-order valence-corrected chi connectivity index (χ0v) is 11.0. The van der Waals surface area contributed by atoms with Gasteiger partial charge >= 0.3 is 0 Å². The molecule has 0 N–H and O–H groups in total. The Morgan fingerprint density at radius 2 is 1.87 bits per heavy atom. The molecule has 1 saturated carbocycles. The highest BCUT2D eigenvalue weighted by atomic mass is 32.1. The Morgan fingerprint density at radius 3 is 2.40 bits per heavy atom. The van der Waals surface area contributed by atoms with Crippen molar-refractivity contribution >= 4 is 12.6 Å². The van der Waals surface area contributed by atoms with Crippen LogP contribution >= 0.6 is 12.6 Å². The van der Waals surface area contributed by atoms with Gasteiger partial charge in [-0.05, 0) is 25.0 Å². The summed E-state index contributed by atoms with van der Waals surface area (Å²) < 4.78 is 5.76. The van der Waals surface area contributed by atoms with Crippen molar-refractivity contribution in [1.29, 1.82) is 0 Å². The average molecular weight is 230 g/mol. The van der Waals surface area contributed by atoms with Crippen LogP contribution in [0.1, 0.15) is 58.3 Å². The van der Waals surface area contributed by atoms with Crippen molar-refractivity contribution in [1.82, 2.24) is 0 Å². The molecule has 1 rings (SSSR count). The van der Waals surface area contributed by atoms with Gasteiger partial charge in [0.1, 0.15) is 0 Å². The van der Waals surface area contributed by atoms with Crippen molar-refractivity contribution < 1.29 is 4.74 Å². The van der Waals surface area contributed by atoms with E-state index in [0.29, 0.717) is 5.41 Å². The Balaban J connectivity index is 1.88. The topological polar surface area (TPSA) is 9.23 Å². The van der Waals surface area contributed by atoms with Crippen LogP contribution in [0.3, 0.4) is 0 Å². The van der Waals surface area contributed by atoms with Gasteiger partial charge in [-0.3, -0.25) is 0 Å². The van der Waals surface area contributed by atoms with Crippen LogP contribution in [0.25, 0.3) is 0 Å². The second-order valence-electron chi connectivity index (χ2n) is 4.98. The van der Waals surface area contributed by atoms with Gasteiger partial charge in [-0.15, -0.1) is 0 Å². The van der Waals surface area contributed by atoms with Crippen LogP contribution in [0, 0.1) is 5.41 Å². The van der Waals surface area contributed by atoms with Gasteiger partial charge < -0.3 is 4.74 Å². The summed E-state index contributed by atoms with van der Waals surface area (Å²) in [5, 5.41) is 0. The van der Waals surface area contributed by atoms with E-state index in [-0.39, 0.29) is 0 Å². The van der Waals surface area contributed by atoms with E-state index in [1.54, 1.807) is 0 Å². The molecule has 1 fully saturated rings. The van der Waals surface area contributed by atoms with E-state index in [2.05, 4.69) is 19.6 Å². The second kappa shape index (κ2) is 7.56. The summed E-state index contributed by atoms with van der Waals surface area (Å²) in [6.45, 7) is 4.16. The summed E-state index contributed by atoms with van der Waals surface area (Å²) in [6.07, 6.45) is 10.7. The first-order valence-corrected chi connectivity index (χ1v) is 7.15. The van der Waals surface area contributed by atoms with E-state index in [4.69, 9.17) is 4.74 Å². The predicted molar refractivity (Wildman–Crippen MR) is 69.7 cm³/mol. The quantitative estimate of drug-likeness (QED) is 0.464. The SMILES string of the molecule is CCCCCCCOCC1(CS)CCC1. The third-order valence-electron chi connectivity index (χ3n) is 3.55. The highest BCUT2D eigenvalue weighted by Gasteiger charge is 2.35. The second-order valence-corrected chi connectivity index (χ2v) is 5.29. The molecule has 0 unspecified atom stereocenters. The number of thiol groups is 1. The lowest BCUT2D eigenvalue weighted by molar-refractivity contribution is 0.00900. The minimum Gasteiger partial charge on any atom is -0.381 e. The van der Waals surface area contributed by atoms with Gasteiger partial charge in [0.2, 0.25) is 0 Å². The van der Waals surface area contributed by atoms with Crippen LogP contribution in [0.4, 0.5) is 0 Å². The molecule has 1 aliphatic carbocycles. The van der Waals surface area contributed by atoms with E-state index in [0.717, 1.165) is 19.0 Å². The number of unbranched alkanes of at least 4 members (excludes halogenated alkanes) is 4. The highest BCUT2D eigenvalue weighted by Crippen LogP contribution is 2.41. The molecule has 15 heavy (non-hydrogen) atoms. The molecule has 0 aromatic rings. The van der Waals surface area contributed by atoms with Crippen LogP contribution in [0.15, 0.2) is 0 Å². The van der Waals surface area contributed by atoms with Gasteiger partial charge in [0.25, 0.3) is 0 Å². The summed E-state index contributed by atoms with van der Waals surface area (Å²) in [7, 11) is 0. The third-order valence-corrected chi connectivity index (χ3v) is 4.22. The summed E-state index contributed by atoms with van der Waals surface area (Å²) in [5.74, 6) is 1.00. The maximum atomic E-state index is 5.76. The van der Waals surface area contributed by atoms with Crippen molar-refractivity contribution in [3.63, 3.8) is 0 Å². The predicted octanol–water partition coefficient (Wildman–Crippen LogP) is 4.07. The van der Waals surface area contributed by atoms with Gasteiger partial charge in [0.05, 0.1) is 6.61 Å². The fraction of sp³-hybridized carbons (Fsp3) is 1.00. The first-order valence-electron chi connectivity index (χ1n) is 6.51. The zero-order valence-electron chi connectivity index (χ0n) is 10.1. The Labute approximate surface area is 100 Å². The van der Waals surface area contributed by atoms with E-state index in [1.807, 2.05) is 0 Å². The largest absolute Gasteiger partial charge is 0.381 e. The van der Waals surface area contributed by atoms with Crippen LogP contribution in [-0.4, -0.2) is 19.0 Å². The standard InChI is InChI=1S/C13H26OS/c1-2-3-4-5-6-10-14-11-13(12-15)8-7-9-13/h15H,2-12H2,1H3. The molecule has 0 aromatic heterocycles. The zero-order chi connectivity index (χ0) is 11.0. The minimum atomic E-state index is 0.451. The molecule has 90 valence electrons.